The van der Waals surface area contributed by atoms with Gasteiger partial charge < -0.3 is 15.5 Å². The average molecular weight is 456 g/mol. The summed E-state index contributed by atoms with van der Waals surface area (Å²) in [5.41, 5.74) is 3.00. The predicted octanol–water partition coefficient (Wildman–Crippen LogP) is 4.21. The molecule has 2 atom stereocenters. The van der Waals surface area contributed by atoms with Crippen LogP contribution in [0, 0.1) is 5.92 Å². The second-order valence-corrected chi connectivity index (χ2v) is 8.62. The van der Waals surface area contributed by atoms with E-state index in [1.807, 2.05) is 67.6 Å². The van der Waals surface area contributed by atoms with E-state index in [1.54, 1.807) is 29.2 Å². The van der Waals surface area contributed by atoms with E-state index in [-0.39, 0.29) is 30.2 Å². The molecule has 2 N–H and O–H groups in total. The number of hydrogen-bond acceptors (Lipinski definition) is 3. The number of amides is 3. The van der Waals surface area contributed by atoms with Crippen LogP contribution in [0.25, 0.3) is 0 Å². The van der Waals surface area contributed by atoms with Crippen molar-refractivity contribution in [2.24, 2.45) is 5.92 Å². The van der Waals surface area contributed by atoms with E-state index in [0.717, 1.165) is 17.5 Å². The van der Waals surface area contributed by atoms with Crippen molar-refractivity contribution in [1.82, 2.24) is 10.2 Å². The standard InChI is InChI=1S/C28H29N3O3/c1-20(22-12-6-3-7-13-22)29-28(34)24-14-8-9-15-25(24)30-27(33)23-18-26(32)31(19-23)17-16-21-10-4-2-5-11-21/h2-15,20,23H,16-19H2,1H3,(H,29,34)(H,30,33)/t20-,23-/m1/s1. The lowest BCUT2D eigenvalue weighted by Crippen LogP contribution is -2.31. The molecule has 0 aromatic heterocycles. The van der Waals surface area contributed by atoms with Gasteiger partial charge in [0.1, 0.15) is 0 Å². The van der Waals surface area contributed by atoms with Gasteiger partial charge in [-0.15, -0.1) is 0 Å². The normalized spacial score (nSPS) is 16.2. The summed E-state index contributed by atoms with van der Waals surface area (Å²) in [6.07, 6.45) is 0.934. The van der Waals surface area contributed by atoms with Crippen LogP contribution >= 0.6 is 0 Å². The van der Waals surface area contributed by atoms with Gasteiger partial charge in [0, 0.05) is 19.5 Å². The van der Waals surface area contributed by atoms with Gasteiger partial charge >= 0.3 is 0 Å². The highest BCUT2D eigenvalue weighted by Crippen LogP contribution is 2.23. The molecule has 1 saturated heterocycles. The molecule has 174 valence electrons. The van der Waals surface area contributed by atoms with E-state index >= 15 is 0 Å². The number of nitrogens with one attached hydrogen (secondary N) is 2. The molecule has 34 heavy (non-hydrogen) atoms. The Bertz CT molecular complexity index is 1150. The van der Waals surface area contributed by atoms with Gasteiger partial charge in [0.05, 0.1) is 23.2 Å². The maximum Gasteiger partial charge on any atom is 0.253 e. The first-order valence-corrected chi connectivity index (χ1v) is 11.6. The number of carbonyl (C=O) groups excluding carboxylic acids is 3. The Morgan fingerprint density at radius 2 is 1.59 bits per heavy atom. The van der Waals surface area contributed by atoms with E-state index < -0.39 is 5.92 Å². The molecule has 0 spiro atoms. The summed E-state index contributed by atoms with van der Waals surface area (Å²) < 4.78 is 0. The highest BCUT2D eigenvalue weighted by Gasteiger charge is 2.34. The van der Waals surface area contributed by atoms with Crippen LogP contribution in [0.3, 0.4) is 0 Å². The molecule has 6 nitrogen and oxygen atoms in total. The Labute approximate surface area is 200 Å². The predicted molar refractivity (Wildman–Crippen MR) is 132 cm³/mol. The van der Waals surface area contributed by atoms with Crippen LogP contribution in [-0.2, 0) is 16.0 Å². The van der Waals surface area contributed by atoms with Crippen molar-refractivity contribution in [2.45, 2.75) is 25.8 Å². The second kappa shape index (κ2) is 10.8. The first kappa shape index (κ1) is 23.2. The quantitative estimate of drug-likeness (QED) is 0.534. The maximum absolute atomic E-state index is 13.0. The van der Waals surface area contributed by atoms with E-state index in [0.29, 0.717) is 24.3 Å². The van der Waals surface area contributed by atoms with Gasteiger partial charge in [0.15, 0.2) is 0 Å². The van der Waals surface area contributed by atoms with Crippen LogP contribution in [0.4, 0.5) is 5.69 Å². The number of para-hydroxylation sites is 1. The molecule has 1 aliphatic heterocycles. The van der Waals surface area contributed by atoms with Crippen LogP contribution in [0.5, 0.6) is 0 Å². The fourth-order valence-corrected chi connectivity index (χ4v) is 4.20. The molecule has 0 aliphatic carbocycles. The van der Waals surface area contributed by atoms with Crippen LogP contribution in [0.15, 0.2) is 84.9 Å². The molecule has 3 amide bonds. The van der Waals surface area contributed by atoms with Crippen molar-refractivity contribution in [3.63, 3.8) is 0 Å². The summed E-state index contributed by atoms with van der Waals surface area (Å²) in [5, 5.41) is 5.87. The molecule has 0 saturated carbocycles. The zero-order chi connectivity index (χ0) is 23.9. The molecule has 0 unspecified atom stereocenters. The van der Waals surface area contributed by atoms with Crippen molar-refractivity contribution in [2.75, 3.05) is 18.4 Å². The lowest BCUT2D eigenvalue weighted by molar-refractivity contribution is -0.128. The molecule has 0 bridgehead atoms. The van der Waals surface area contributed by atoms with Crippen molar-refractivity contribution in [3.8, 4) is 0 Å². The highest BCUT2D eigenvalue weighted by atomic mass is 16.2. The number of rotatable bonds is 8. The number of benzene rings is 3. The summed E-state index contributed by atoms with van der Waals surface area (Å²) in [6, 6.07) is 26.5. The zero-order valence-electron chi connectivity index (χ0n) is 19.2. The minimum atomic E-state index is -0.442. The van der Waals surface area contributed by atoms with Crippen LogP contribution < -0.4 is 10.6 Å². The fourth-order valence-electron chi connectivity index (χ4n) is 4.20. The number of hydrogen-bond donors (Lipinski definition) is 2. The molecule has 1 aliphatic rings. The van der Waals surface area contributed by atoms with Gasteiger partial charge in [-0.05, 0) is 36.6 Å². The SMILES string of the molecule is C[C@@H](NC(=O)c1ccccc1NC(=O)[C@@H]1CC(=O)N(CCc2ccccc2)C1)c1ccccc1. The summed E-state index contributed by atoms with van der Waals surface area (Å²) in [5.74, 6) is -0.965. The highest BCUT2D eigenvalue weighted by molar-refractivity contribution is 6.05. The molecule has 3 aromatic carbocycles. The molecule has 0 radical (unpaired) electrons. The van der Waals surface area contributed by atoms with Gasteiger partial charge in [-0.2, -0.15) is 0 Å². The van der Waals surface area contributed by atoms with Gasteiger partial charge in [0.2, 0.25) is 11.8 Å². The van der Waals surface area contributed by atoms with Crippen LogP contribution in [0.2, 0.25) is 0 Å². The third-order valence-corrected chi connectivity index (χ3v) is 6.18. The van der Waals surface area contributed by atoms with E-state index in [4.69, 9.17) is 0 Å². The second-order valence-electron chi connectivity index (χ2n) is 8.62. The van der Waals surface area contributed by atoms with Gasteiger partial charge in [0.25, 0.3) is 5.91 Å². The zero-order valence-corrected chi connectivity index (χ0v) is 19.2. The third kappa shape index (κ3) is 5.70. The van der Waals surface area contributed by atoms with Crippen molar-refractivity contribution in [1.29, 1.82) is 0 Å². The summed E-state index contributed by atoms with van der Waals surface area (Å²) in [6.45, 7) is 2.89. The summed E-state index contributed by atoms with van der Waals surface area (Å²) >= 11 is 0. The van der Waals surface area contributed by atoms with E-state index in [1.165, 1.54) is 0 Å². The molecule has 1 heterocycles. The third-order valence-electron chi connectivity index (χ3n) is 6.18. The van der Waals surface area contributed by atoms with Gasteiger partial charge in [-0.3, -0.25) is 14.4 Å². The monoisotopic (exact) mass is 455 g/mol. The topological polar surface area (TPSA) is 78.5 Å². The van der Waals surface area contributed by atoms with Crippen molar-refractivity contribution < 1.29 is 14.4 Å². The summed E-state index contributed by atoms with van der Waals surface area (Å²) in [4.78, 5) is 40.2. The first-order chi connectivity index (χ1) is 16.5. The van der Waals surface area contributed by atoms with E-state index in [9.17, 15) is 14.4 Å². The molecular formula is C28H29N3O3. The van der Waals surface area contributed by atoms with Crippen molar-refractivity contribution >= 4 is 23.4 Å². The largest absolute Gasteiger partial charge is 0.345 e. The van der Waals surface area contributed by atoms with Gasteiger partial charge in [-0.25, -0.2) is 0 Å². The van der Waals surface area contributed by atoms with Crippen LogP contribution in [-0.4, -0.2) is 35.7 Å². The Balaban J connectivity index is 1.37. The molecule has 1 fully saturated rings. The number of likely N-dealkylation sites (tertiary alicyclic amines) is 1. The smallest absolute Gasteiger partial charge is 0.253 e. The number of carbonyl (C=O) groups is 3. The Morgan fingerprint density at radius 1 is 0.941 bits per heavy atom. The lowest BCUT2D eigenvalue weighted by atomic mass is 10.1. The van der Waals surface area contributed by atoms with Gasteiger partial charge in [-0.1, -0.05) is 72.8 Å². The summed E-state index contributed by atoms with van der Waals surface area (Å²) in [7, 11) is 0. The van der Waals surface area contributed by atoms with E-state index in [2.05, 4.69) is 10.6 Å². The lowest BCUT2D eigenvalue weighted by Gasteiger charge is -2.18. The number of nitrogens with zero attached hydrogens (tertiary/aromatic N) is 1. The molecule has 6 heteroatoms. The molecular weight excluding hydrogens is 426 g/mol. The molecule has 3 aromatic rings. The first-order valence-electron chi connectivity index (χ1n) is 11.6. The Morgan fingerprint density at radius 3 is 2.32 bits per heavy atom. The maximum atomic E-state index is 13.0. The Kier molecular flexibility index (Phi) is 7.38. The van der Waals surface area contributed by atoms with Crippen LogP contribution in [0.1, 0.15) is 40.9 Å². The fraction of sp³-hybridized carbons (Fsp3) is 0.250. The Hall–Kier alpha value is -3.93. The minimum absolute atomic E-state index is 0.0150. The minimum Gasteiger partial charge on any atom is -0.345 e. The number of anilines is 1. The average Bonchev–Trinajstić information content (AvgIpc) is 3.24. The van der Waals surface area contributed by atoms with Crippen molar-refractivity contribution in [3.05, 3.63) is 102 Å². The molecule has 4 rings (SSSR count).